The molecule has 3 heteroatoms. The molecule has 0 spiro atoms. The van der Waals surface area contributed by atoms with Crippen LogP contribution in [0.5, 0.6) is 0 Å². The molecule has 2 aliphatic rings. The van der Waals surface area contributed by atoms with Crippen molar-refractivity contribution in [2.75, 3.05) is 13.2 Å². The van der Waals surface area contributed by atoms with E-state index in [0.717, 1.165) is 19.5 Å². The summed E-state index contributed by atoms with van der Waals surface area (Å²) < 4.78 is 5.62. The molecule has 2 atom stereocenters. The predicted octanol–water partition coefficient (Wildman–Crippen LogP) is 2.78. The van der Waals surface area contributed by atoms with Gasteiger partial charge in [-0.15, -0.1) is 0 Å². The second-order valence-electron chi connectivity index (χ2n) is 5.89. The summed E-state index contributed by atoms with van der Waals surface area (Å²) in [6.07, 6.45) is 11.2. The molecule has 0 N–H and O–H groups in total. The van der Waals surface area contributed by atoms with Gasteiger partial charge in [0.2, 0.25) is 0 Å². The van der Waals surface area contributed by atoms with Crippen molar-refractivity contribution >= 4 is 6.29 Å². The van der Waals surface area contributed by atoms with Crippen molar-refractivity contribution in [3.63, 3.8) is 0 Å². The van der Waals surface area contributed by atoms with Crippen LogP contribution in [0.1, 0.15) is 58.3 Å². The molecule has 1 saturated carbocycles. The lowest BCUT2D eigenvalue weighted by atomic mass is 9.92. The second-order valence-corrected chi connectivity index (χ2v) is 5.89. The van der Waals surface area contributed by atoms with Crippen LogP contribution in [0.4, 0.5) is 0 Å². The van der Waals surface area contributed by atoms with E-state index in [1.165, 1.54) is 44.9 Å². The van der Waals surface area contributed by atoms with E-state index in [2.05, 4.69) is 11.8 Å². The van der Waals surface area contributed by atoms with Gasteiger partial charge in [-0.05, 0) is 19.8 Å². The molecular formula is C15H27NO2. The Hall–Kier alpha value is -0.410. The van der Waals surface area contributed by atoms with Gasteiger partial charge < -0.3 is 9.53 Å². The Kier molecular flexibility index (Phi) is 5.64. The Balaban J connectivity index is 2.01. The first-order valence-corrected chi connectivity index (χ1v) is 7.61. The summed E-state index contributed by atoms with van der Waals surface area (Å²) in [5, 5.41) is 0. The number of morpholine rings is 1. The molecule has 2 rings (SSSR count). The number of ether oxygens (including phenoxy) is 1. The third-order valence-electron chi connectivity index (χ3n) is 4.46. The third-order valence-corrected chi connectivity index (χ3v) is 4.46. The van der Waals surface area contributed by atoms with Crippen molar-refractivity contribution < 1.29 is 9.53 Å². The molecule has 18 heavy (non-hydrogen) atoms. The van der Waals surface area contributed by atoms with E-state index >= 15 is 0 Å². The van der Waals surface area contributed by atoms with Gasteiger partial charge in [-0.1, -0.05) is 32.1 Å². The number of nitrogens with zero attached hydrogens (tertiary/aromatic N) is 1. The van der Waals surface area contributed by atoms with Crippen LogP contribution in [-0.4, -0.2) is 42.5 Å². The largest absolute Gasteiger partial charge is 0.378 e. The maximum Gasteiger partial charge on any atom is 0.121 e. The average molecular weight is 253 g/mol. The summed E-state index contributed by atoms with van der Waals surface area (Å²) in [6.45, 7) is 3.81. The Morgan fingerprint density at radius 3 is 2.44 bits per heavy atom. The molecule has 0 radical (unpaired) electrons. The number of hydrogen-bond donors (Lipinski definition) is 0. The molecule has 0 aromatic rings. The Bertz CT molecular complexity index is 249. The molecule has 3 nitrogen and oxygen atoms in total. The lowest BCUT2D eigenvalue weighted by Crippen LogP contribution is -2.55. The van der Waals surface area contributed by atoms with Crippen LogP contribution in [0, 0.1) is 0 Å². The van der Waals surface area contributed by atoms with E-state index in [9.17, 15) is 4.79 Å². The van der Waals surface area contributed by atoms with Gasteiger partial charge in [0, 0.05) is 24.5 Å². The van der Waals surface area contributed by atoms with E-state index in [1.54, 1.807) is 0 Å². The van der Waals surface area contributed by atoms with Crippen LogP contribution in [0.25, 0.3) is 0 Å². The summed E-state index contributed by atoms with van der Waals surface area (Å²) in [5.74, 6) is 0. The average Bonchev–Trinajstić information content (AvgIpc) is 2.31. The molecular weight excluding hydrogens is 226 g/mol. The second kappa shape index (κ2) is 7.25. The van der Waals surface area contributed by atoms with E-state index < -0.39 is 0 Å². The third kappa shape index (κ3) is 3.55. The zero-order chi connectivity index (χ0) is 12.8. The van der Waals surface area contributed by atoms with Crippen molar-refractivity contribution in [2.24, 2.45) is 0 Å². The standard InChI is InChI=1S/C15H27NO2/c1-13-11-18-12-15(9-10-17)16(13)14-7-5-3-2-4-6-8-14/h10,13-15H,2-9,11-12H2,1H3. The number of carbonyl (C=O) groups is 1. The molecule has 0 aromatic carbocycles. The fourth-order valence-corrected chi connectivity index (χ4v) is 3.60. The zero-order valence-electron chi connectivity index (χ0n) is 11.6. The van der Waals surface area contributed by atoms with Crippen molar-refractivity contribution in [1.29, 1.82) is 0 Å². The summed E-state index contributed by atoms with van der Waals surface area (Å²) in [4.78, 5) is 13.4. The smallest absolute Gasteiger partial charge is 0.121 e. The van der Waals surface area contributed by atoms with Crippen LogP contribution in [0.15, 0.2) is 0 Å². The molecule has 0 aromatic heterocycles. The number of carbonyl (C=O) groups excluding carboxylic acids is 1. The van der Waals surface area contributed by atoms with Gasteiger partial charge >= 0.3 is 0 Å². The van der Waals surface area contributed by atoms with Gasteiger partial charge in [0.15, 0.2) is 0 Å². The number of rotatable bonds is 3. The van der Waals surface area contributed by atoms with Crippen LogP contribution in [0.3, 0.4) is 0 Å². The molecule has 1 saturated heterocycles. The van der Waals surface area contributed by atoms with Crippen molar-refractivity contribution in [1.82, 2.24) is 4.90 Å². The van der Waals surface area contributed by atoms with Crippen molar-refractivity contribution in [2.45, 2.75) is 76.4 Å². The fourth-order valence-electron chi connectivity index (χ4n) is 3.60. The van der Waals surface area contributed by atoms with Gasteiger partial charge in [0.05, 0.1) is 13.2 Å². The summed E-state index contributed by atoms with van der Waals surface area (Å²) in [5.41, 5.74) is 0. The van der Waals surface area contributed by atoms with E-state index in [1.807, 2.05) is 0 Å². The molecule has 2 unspecified atom stereocenters. The highest BCUT2D eigenvalue weighted by Crippen LogP contribution is 2.27. The first-order chi connectivity index (χ1) is 8.83. The van der Waals surface area contributed by atoms with Crippen LogP contribution < -0.4 is 0 Å². The molecule has 1 aliphatic carbocycles. The van der Waals surface area contributed by atoms with Gasteiger partial charge in [-0.2, -0.15) is 0 Å². The topological polar surface area (TPSA) is 29.5 Å². The molecule has 1 aliphatic heterocycles. The highest BCUT2D eigenvalue weighted by Gasteiger charge is 2.33. The van der Waals surface area contributed by atoms with Crippen molar-refractivity contribution in [3.8, 4) is 0 Å². The Morgan fingerprint density at radius 2 is 1.78 bits per heavy atom. The molecule has 2 fully saturated rings. The quantitative estimate of drug-likeness (QED) is 0.724. The number of hydrogen-bond acceptors (Lipinski definition) is 3. The molecule has 0 amide bonds. The predicted molar refractivity (Wildman–Crippen MR) is 72.7 cm³/mol. The highest BCUT2D eigenvalue weighted by atomic mass is 16.5. The minimum atomic E-state index is 0.315. The van der Waals surface area contributed by atoms with Gasteiger partial charge in [0.25, 0.3) is 0 Å². The zero-order valence-corrected chi connectivity index (χ0v) is 11.6. The van der Waals surface area contributed by atoms with Crippen LogP contribution in [-0.2, 0) is 9.53 Å². The lowest BCUT2D eigenvalue weighted by Gasteiger charge is -2.45. The van der Waals surface area contributed by atoms with Gasteiger partial charge in [0.1, 0.15) is 6.29 Å². The number of aldehydes is 1. The minimum absolute atomic E-state index is 0.315. The monoisotopic (exact) mass is 253 g/mol. The van der Waals surface area contributed by atoms with E-state index in [0.29, 0.717) is 24.5 Å². The lowest BCUT2D eigenvalue weighted by molar-refractivity contribution is -0.114. The molecule has 1 heterocycles. The van der Waals surface area contributed by atoms with Gasteiger partial charge in [-0.25, -0.2) is 0 Å². The minimum Gasteiger partial charge on any atom is -0.378 e. The highest BCUT2D eigenvalue weighted by molar-refractivity contribution is 5.50. The SMILES string of the molecule is CC1COCC(CC=O)N1C1CCCCCCC1. The molecule has 0 bridgehead atoms. The van der Waals surface area contributed by atoms with E-state index in [4.69, 9.17) is 4.74 Å². The van der Waals surface area contributed by atoms with Gasteiger partial charge in [-0.3, -0.25) is 4.90 Å². The Morgan fingerprint density at radius 1 is 1.11 bits per heavy atom. The van der Waals surface area contributed by atoms with E-state index in [-0.39, 0.29) is 0 Å². The van der Waals surface area contributed by atoms with Crippen LogP contribution >= 0.6 is 0 Å². The maximum absolute atomic E-state index is 10.8. The first kappa shape index (κ1) is 14.0. The summed E-state index contributed by atoms with van der Waals surface area (Å²) in [7, 11) is 0. The van der Waals surface area contributed by atoms with Crippen LogP contribution in [0.2, 0.25) is 0 Å². The fraction of sp³-hybridized carbons (Fsp3) is 0.933. The Labute approximate surface area is 111 Å². The first-order valence-electron chi connectivity index (χ1n) is 7.61. The normalized spacial score (nSPS) is 32.7. The molecule has 104 valence electrons. The maximum atomic E-state index is 10.8. The summed E-state index contributed by atoms with van der Waals surface area (Å²) in [6, 6.07) is 1.46. The van der Waals surface area contributed by atoms with Crippen molar-refractivity contribution in [3.05, 3.63) is 0 Å². The summed E-state index contributed by atoms with van der Waals surface area (Å²) >= 11 is 0.